The highest BCUT2D eigenvalue weighted by Gasteiger charge is 2.36. The molecular weight excluding hydrogens is 232 g/mol. The number of quaternary nitrogens is 2. The van der Waals surface area contributed by atoms with Gasteiger partial charge in [0.1, 0.15) is 6.54 Å². The molecular formula is C13H20N2O3+2. The van der Waals surface area contributed by atoms with Gasteiger partial charge in [-0.2, -0.15) is 0 Å². The lowest BCUT2D eigenvalue weighted by Crippen LogP contribution is -3.12. The van der Waals surface area contributed by atoms with Crippen molar-refractivity contribution in [3.05, 3.63) is 17.2 Å². The van der Waals surface area contributed by atoms with Crippen LogP contribution in [0.25, 0.3) is 0 Å². The second-order valence-corrected chi connectivity index (χ2v) is 4.90. The van der Waals surface area contributed by atoms with Crippen LogP contribution in [0, 0.1) is 0 Å². The molecule has 2 aliphatic heterocycles. The monoisotopic (exact) mass is 252 g/mol. The molecule has 0 aromatic heterocycles. The summed E-state index contributed by atoms with van der Waals surface area (Å²) in [4.78, 5) is 1.48. The van der Waals surface area contributed by atoms with Gasteiger partial charge in [0.25, 0.3) is 0 Å². The fourth-order valence-electron chi connectivity index (χ4n) is 3.01. The van der Waals surface area contributed by atoms with Gasteiger partial charge in [-0.3, -0.25) is 0 Å². The molecule has 0 aliphatic carbocycles. The lowest BCUT2D eigenvalue weighted by molar-refractivity contribution is -0.921. The average molecular weight is 252 g/mol. The Balaban J connectivity index is 2.19. The van der Waals surface area contributed by atoms with E-state index in [9.17, 15) is 0 Å². The smallest absolute Gasteiger partial charge is 0.231 e. The van der Waals surface area contributed by atoms with Gasteiger partial charge in [0.05, 0.1) is 26.3 Å². The van der Waals surface area contributed by atoms with Crippen LogP contribution >= 0.6 is 0 Å². The fraction of sp³-hybridized carbons (Fsp3) is 0.538. The Morgan fingerprint density at radius 3 is 3.06 bits per heavy atom. The zero-order valence-electron chi connectivity index (χ0n) is 10.9. The lowest BCUT2D eigenvalue weighted by Gasteiger charge is -2.31. The van der Waals surface area contributed by atoms with Crippen LogP contribution in [0.3, 0.4) is 0 Å². The van der Waals surface area contributed by atoms with Crippen molar-refractivity contribution in [3.63, 3.8) is 0 Å². The van der Waals surface area contributed by atoms with Gasteiger partial charge in [-0.15, -0.1) is 0 Å². The molecule has 0 fully saturated rings. The number of rotatable bonds is 2. The molecule has 0 saturated carbocycles. The lowest BCUT2D eigenvalue weighted by atomic mass is 9.91. The second kappa shape index (κ2) is 4.33. The summed E-state index contributed by atoms with van der Waals surface area (Å²) < 4.78 is 16.6. The van der Waals surface area contributed by atoms with Gasteiger partial charge in [-0.1, -0.05) is 0 Å². The van der Waals surface area contributed by atoms with Gasteiger partial charge >= 0.3 is 0 Å². The zero-order valence-corrected chi connectivity index (χ0v) is 10.9. The Kier molecular flexibility index (Phi) is 2.80. The number of hydrogen-bond donors (Lipinski definition) is 2. The number of likely N-dealkylation sites (N-methyl/N-ethyl adjacent to an activating group) is 1. The molecule has 1 aromatic carbocycles. The first kappa shape index (κ1) is 11.6. The molecule has 2 aliphatic rings. The molecule has 4 N–H and O–H groups in total. The molecule has 0 amide bonds. The van der Waals surface area contributed by atoms with Gasteiger partial charge in [-0.05, 0) is 11.6 Å². The highest BCUT2D eigenvalue weighted by molar-refractivity contribution is 5.61. The minimum Gasteiger partial charge on any atom is -0.492 e. The van der Waals surface area contributed by atoms with E-state index in [-0.39, 0.29) is 6.79 Å². The Morgan fingerprint density at radius 1 is 1.50 bits per heavy atom. The highest BCUT2D eigenvalue weighted by atomic mass is 16.7. The van der Waals surface area contributed by atoms with Gasteiger partial charge < -0.3 is 24.8 Å². The SMILES string of the molecule is COc1c2c(cc3c1[C@@H](C[NH3+])[NH+](C)CC3)OCO2. The molecule has 3 rings (SSSR count). The van der Waals surface area contributed by atoms with E-state index in [1.807, 2.05) is 0 Å². The van der Waals surface area contributed by atoms with Crippen LogP contribution < -0.4 is 24.8 Å². The topological polar surface area (TPSA) is 59.8 Å². The van der Waals surface area contributed by atoms with E-state index in [4.69, 9.17) is 14.2 Å². The van der Waals surface area contributed by atoms with Crippen molar-refractivity contribution in [2.24, 2.45) is 0 Å². The Morgan fingerprint density at radius 2 is 2.33 bits per heavy atom. The van der Waals surface area contributed by atoms with E-state index in [2.05, 4.69) is 18.8 Å². The predicted molar refractivity (Wildman–Crippen MR) is 65.1 cm³/mol. The van der Waals surface area contributed by atoms with Crippen LogP contribution in [0.15, 0.2) is 6.07 Å². The summed E-state index contributed by atoms with van der Waals surface area (Å²) in [5.41, 5.74) is 6.64. The van der Waals surface area contributed by atoms with Crippen molar-refractivity contribution in [1.29, 1.82) is 0 Å². The number of benzene rings is 1. The third-order valence-corrected chi connectivity index (χ3v) is 3.97. The maximum Gasteiger partial charge on any atom is 0.231 e. The molecule has 2 heterocycles. The van der Waals surface area contributed by atoms with E-state index in [0.29, 0.717) is 6.04 Å². The van der Waals surface area contributed by atoms with Crippen molar-refractivity contribution in [3.8, 4) is 17.2 Å². The first-order valence-corrected chi connectivity index (χ1v) is 6.37. The fourth-order valence-corrected chi connectivity index (χ4v) is 3.01. The molecule has 0 radical (unpaired) electrons. The van der Waals surface area contributed by atoms with E-state index < -0.39 is 0 Å². The molecule has 0 bridgehead atoms. The summed E-state index contributed by atoms with van der Waals surface area (Å²) >= 11 is 0. The minimum atomic E-state index is 0.284. The number of methoxy groups -OCH3 is 1. The molecule has 1 unspecified atom stereocenters. The standard InChI is InChI=1S/C13H18N2O3/c1-15-4-3-8-5-10-12(18-7-17-10)13(16-2)11(8)9(15)6-14/h5,9H,3-4,6-7,14H2,1-2H3/p+2/t9-/m1/s1. The van der Waals surface area contributed by atoms with E-state index in [0.717, 1.165) is 36.8 Å². The minimum absolute atomic E-state index is 0.284. The highest BCUT2D eigenvalue weighted by Crippen LogP contribution is 2.47. The Bertz CT molecular complexity index is 476. The summed E-state index contributed by atoms with van der Waals surface area (Å²) in [5, 5.41) is 0. The third-order valence-electron chi connectivity index (χ3n) is 3.97. The molecule has 18 heavy (non-hydrogen) atoms. The van der Waals surface area contributed by atoms with Crippen molar-refractivity contribution in [2.45, 2.75) is 12.5 Å². The molecule has 0 spiro atoms. The van der Waals surface area contributed by atoms with E-state index >= 15 is 0 Å². The van der Waals surface area contributed by atoms with E-state index in [1.54, 1.807) is 7.11 Å². The summed E-state index contributed by atoms with van der Waals surface area (Å²) in [7, 11) is 3.91. The number of hydrogen-bond acceptors (Lipinski definition) is 3. The largest absolute Gasteiger partial charge is 0.492 e. The Labute approximate surface area is 106 Å². The first-order valence-electron chi connectivity index (χ1n) is 6.37. The normalized spacial score (nSPS) is 24.8. The van der Waals surface area contributed by atoms with Crippen molar-refractivity contribution in [2.75, 3.05) is 34.0 Å². The summed E-state index contributed by atoms with van der Waals surface area (Å²) in [6.07, 6.45) is 1.05. The van der Waals surface area contributed by atoms with Crippen molar-refractivity contribution < 1.29 is 24.8 Å². The maximum absolute atomic E-state index is 5.59. The second-order valence-electron chi connectivity index (χ2n) is 4.90. The first-order chi connectivity index (χ1) is 8.76. The molecule has 0 saturated heterocycles. The summed E-state index contributed by atoms with van der Waals surface area (Å²) in [6.45, 7) is 2.26. The van der Waals surface area contributed by atoms with Gasteiger partial charge in [0, 0.05) is 6.42 Å². The number of fused-ring (bicyclic) bond motifs is 2. The van der Waals surface area contributed by atoms with Gasteiger partial charge in [0.2, 0.25) is 12.5 Å². The van der Waals surface area contributed by atoms with Crippen LogP contribution in [-0.4, -0.2) is 34.0 Å². The molecule has 5 nitrogen and oxygen atoms in total. The average Bonchev–Trinajstić information content (AvgIpc) is 2.84. The van der Waals surface area contributed by atoms with Crippen molar-refractivity contribution >= 4 is 0 Å². The van der Waals surface area contributed by atoms with E-state index in [1.165, 1.54) is 16.0 Å². The van der Waals surface area contributed by atoms with Crippen LogP contribution in [0.2, 0.25) is 0 Å². The van der Waals surface area contributed by atoms with Crippen LogP contribution in [0.5, 0.6) is 17.2 Å². The predicted octanol–water partition coefficient (Wildman–Crippen LogP) is -1.22. The number of nitrogens with one attached hydrogen (secondary N) is 1. The van der Waals surface area contributed by atoms with Crippen LogP contribution in [0.1, 0.15) is 17.2 Å². The van der Waals surface area contributed by atoms with Gasteiger partial charge in [-0.25, -0.2) is 0 Å². The summed E-state index contributed by atoms with van der Waals surface area (Å²) in [6, 6.07) is 2.48. The Hall–Kier alpha value is -1.46. The quantitative estimate of drug-likeness (QED) is 0.693. The summed E-state index contributed by atoms with van der Waals surface area (Å²) in [5.74, 6) is 2.41. The molecule has 98 valence electrons. The van der Waals surface area contributed by atoms with Gasteiger partial charge in [0.15, 0.2) is 17.5 Å². The molecule has 5 heteroatoms. The third kappa shape index (κ3) is 1.54. The van der Waals surface area contributed by atoms with Crippen LogP contribution in [0.4, 0.5) is 0 Å². The molecule has 2 atom stereocenters. The molecule has 1 aromatic rings. The zero-order chi connectivity index (χ0) is 12.7. The number of ether oxygens (including phenoxy) is 3. The van der Waals surface area contributed by atoms with Crippen LogP contribution in [-0.2, 0) is 6.42 Å². The maximum atomic E-state index is 5.59. The van der Waals surface area contributed by atoms with Crippen molar-refractivity contribution in [1.82, 2.24) is 0 Å².